The van der Waals surface area contributed by atoms with E-state index in [0.29, 0.717) is 36.4 Å². The summed E-state index contributed by atoms with van der Waals surface area (Å²) in [6.07, 6.45) is 12.8. The van der Waals surface area contributed by atoms with E-state index in [0.717, 1.165) is 55.5 Å². The largest absolute Gasteiger partial charge is 0.487 e. The summed E-state index contributed by atoms with van der Waals surface area (Å²) in [7, 11) is 0. The Hall–Kier alpha value is -4.26. The summed E-state index contributed by atoms with van der Waals surface area (Å²) in [5.74, 6) is 1.59. The number of nitrogens with zero attached hydrogens (tertiary/aromatic N) is 8. The first kappa shape index (κ1) is 26.9. The summed E-state index contributed by atoms with van der Waals surface area (Å²) in [6, 6.07) is 4.23. The van der Waals surface area contributed by atoms with Crippen LogP contribution >= 0.6 is 0 Å². The average Bonchev–Trinajstić information content (AvgIpc) is 3.68. The molecule has 13 heteroatoms. The van der Waals surface area contributed by atoms with E-state index >= 15 is 0 Å². The van der Waals surface area contributed by atoms with Crippen molar-refractivity contribution in [1.29, 1.82) is 0 Å². The van der Waals surface area contributed by atoms with Gasteiger partial charge in [0.1, 0.15) is 29.8 Å². The quantitative estimate of drug-likeness (QED) is 0.212. The lowest BCUT2D eigenvalue weighted by atomic mass is 9.93. The molecule has 2 fully saturated rings. The molecular weight excluding hydrogens is 528 g/mol. The molecule has 6 rings (SSSR count). The highest BCUT2D eigenvalue weighted by atomic mass is 16.6. The van der Waals surface area contributed by atoms with Crippen LogP contribution in [0, 0.1) is 10.1 Å². The maximum absolute atomic E-state index is 11.5. The summed E-state index contributed by atoms with van der Waals surface area (Å²) in [5.41, 5.74) is 1.14. The molecule has 4 aromatic heterocycles. The Labute approximate surface area is 237 Å². The van der Waals surface area contributed by atoms with Crippen LogP contribution < -0.4 is 14.4 Å². The van der Waals surface area contributed by atoms with Crippen LogP contribution in [0.5, 0.6) is 11.6 Å². The number of ether oxygens (including phenoxy) is 3. The molecule has 4 aromatic rings. The lowest BCUT2D eigenvalue weighted by Crippen LogP contribution is -2.36. The van der Waals surface area contributed by atoms with Gasteiger partial charge in [-0.2, -0.15) is 9.67 Å². The van der Waals surface area contributed by atoms with Gasteiger partial charge in [-0.3, -0.25) is 4.98 Å². The number of aromatic nitrogens is 6. The number of rotatable bonds is 9. The molecule has 5 heterocycles. The summed E-state index contributed by atoms with van der Waals surface area (Å²) in [6.45, 7) is 6.61. The zero-order chi connectivity index (χ0) is 28.3. The second kappa shape index (κ2) is 11.7. The van der Waals surface area contributed by atoms with E-state index in [1.54, 1.807) is 17.1 Å². The van der Waals surface area contributed by atoms with Crippen molar-refractivity contribution in [2.75, 3.05) is 31.2 Å². The molecule has 0 aromatic carbocycles. The monoisotopic (exact) mass is 562 g/mol. The van der Waals surface area contributed by atoms with E-state index in [1.165, 1.54) is 0 Å². The molecule has 0 unspecified atom stereocenters. The molecule has 0 N–H and O–H groups in total. The van der Waals surface area contributed by atoms with Gasteiger partial charge in [-0.05, 0) is 50.5 Å². The van der Waals surface area contributed by atoms with E-state index in [1.807, 2.05) is 44.7 Å². The van der Waals surface area contributed by atoms with Crippen LogP contribution in [0.25, 0.3) is 10.9 Å². The molecule has 1 aliphatic heterocycles. The van der Waals surface area contributed by atoms with Gasteiger partial charge in [0.2, 0.25) is 5.88 Å². The molecule has 1 saturated heterocycles. The Morgan fingerprint density at radius 2 is 1.98 bits per heavy atom. The van der Waals surface area contributed by atoms with Crippen molar-refractivity contribution in [3.63, 3.8) is 0 Å². The fourth-order valence-corrected chi connectivity index (χ4v) is 5.39. The van der Waals surface area contributed by atoms with Gasteiger partial charge >= 0.3 is 5.82 Å². The second-order valence-electron chi connectivity index (χ2n) is 10.8. The molecule has 1 saturated carbocycles. The van der Waals surface area contributed by atoms with Gasteiger partial charge in [0.15, 0.2) is 0 Å². The van der Waals surface area contributed by atoms with Crippen LogP contribution in [-0.2, 0) is 11.3 Å². The molecule has 0 bridgehead atoms. The Kier molecular flexibility index (Phi) is 7.68. The topological polar surface area (TPSA) is 135 Å². The predicted octanol–water partition coefficient (Wildman–Crippen LogP) is 4.49. The summed E-state index contributed by atoms with van der Waals surface area (Å²) in [5, 5.41) is 16.4. The van der Waals surface area contributed by atoms with Crippen molar-refractivity contribution in [3.8, 4) is 11.6 Å². The van der Waals surface area contributed by atoms with Crippen LogP contribution in [-0.4, -0.2) is 66.6 Å². The number of imidazole rings is 1. The standard InChI is InChI=1S/C28H34N8O5/c1-19(2)35-16-20(27(32-35)36(37)38)17-40-23-13-24-25(30-15-23)14-26(33-9-11-39-12-10-33)31-28(24)41-22-5-3-21(4-6-22)34-8-7-29-18-34/h7-8,13-16,18-19,21-22H,3-6,9-12,17H2,1-2H3. The Morgan fingerprint density at radius 3 is 2.68 bits per heavy atom. The Balaban J connectivity index is 1.25. The number of hydrogen-bond acceptors (Lipinski definition) is 10. The van der Waals surface area contributed by atoms with Gasteiger partial charge in [-0.25, -0.2) is 4.98 Å². The fourth-order valence-electron chi connectivity index (χ4n) is 5.39. The number of fused-ring (bicyclic) bond motifs is 1. The molecule has 0 radical (unpaired) electrons. The zero-order valence-electron chi connectivity index (χ0n) is 23.3. The third-order valence-electron chi connectivity index (χ3n) is 7.69. The minimum atomic E-state index is -0.485. The maximum Gasteiger partial charge on any atom is 0.396 e. The van der Waals surface area contributed by atoms with Crippen molar-refractivity contribution >= 4 is 22.5 Å². The lowest BCUT2D eigenvalue weighted by molar-refractivity contribution is -0.390. The first-order chi connectivity index (χ1) is 19.9. The third-order valence-corrected chi connectivity index (χ3v) is 7.69. The van der Waals surface area contributed by atoms with Crippen molar-refractivity contribution in [2.45, 2.75) is 64.3 Å². The zero-order valence-corrected chi connectivity index (χ0v) is 23.3. The highest BCUT2D eigenvalue weighted by Gasteiger charge is 2.26. The van der Waals surface area contributed by atoms with E-state index in [2.05, 4.69) is 24.5 Å². The normalized spacial score (nSPS) is 19.5. The first-order valence-electron chi connectivity index (χ1n) is 14.1. The third kappa shape index (κ3) is 5.94. The Bertz CT molecular complexity index is 1490. The van der Waals surface area contributed by atoms with Crippen LogP contribution in [0.3, 0.4) is 0 Å². The fraction of sp³-hybridized carbons (Fsp3) is 0.500. The van der Waals surface area contributed by atoms with Gasteiger partial charge in [0.25, 0.3) is 0 Å². The van der Waals surface area contributed by atoms with Crippen molar-refractivity contribution < 1.29 is 19.1 Å². The number of nitro groups is 1. The van der Waals surface area contributed by atoms with Crippen molar-refractivity contribution in [2.24, 2.45) is 0 Å². The minimum Gasteiger partial charge on any atom is -0.487 e. The number of morpholine rings is 1. The highest BCUT2D eigenvalue weighted by molar-refractivity contribution is 5.87. The maximum atomic E-state index is 11.5. The minimum absolute atomic E-state index is 0.00811. The molecule has 41 heavy (non-hydrogen) atoms. The highest BCUT2D eigenvalue weighted by Crippen LogP contribution is 2.35. The van der Waals surface area contributed by atoms with Crippen LogP contribution in [0.1, 0.15) is 57.2 Å². The number of anilines is 1. The molecule has 2 aliphatic rings. The lowest BCUT2D eigenvalue weighted by Gasteiger charge is -2.31. The van der Waals surface area contributed by atoms with Gasteiger partial charge < -0.3 is 33.8 Å². The van der Waals surface area contributed by atoms with E-state index < -0.39 is 4.92 Å². The van der Waals surface area contributed by atoms with E-state index in [9.17, 15) is 10.1 Å². The molecule has 0 atom stereocenters. The molecule has 0 amide bonds. The number of pyridine rings is 2. The second-order valence-corrected chi connectivity index (χ2v) is 10.8. The first-order valence-corrected chi connectivity index (χ1v) is 14.1. The summed E-state index contributed by atoms with van der Waals surface area (Å²) >= 11 is 0. The SMILES string of the molecule is CC(C)n1cc(COc2cnc3cc(N4CCOCC4)nc(OC4CCC(n5ccnc5)CC4)c3c2)c([N+](=O)[O-])n1. The number of hydrogen-bond donors (Lipinski definition) is 0. The molecule has 0 spiro atoms. The van der Waals surface area contributed by atoms with Gasteiger partial charge in [-0.15, -0.1) is 0 Å². The van der Waals surface area contributed by atoms with E-state index in [4.69, 9.17) is 19.2 Å². The molecule has 13 nitrogen and oxygen atoms in total. The molecule has 216 valence electrons. The van der Waals surface area contributed by atoms with Gasteiger partial charge in [0.05, 0.1) is 54.0 Å². The molecule has 1 aliphatic carbocycles. The summed E-state index contributed by atoms with van der Waals surface area (Å²) < 4.78 is 21.8. The molecular formula is C28H34N8O5. The van der Waals surface area contributed by atoms with E-state index in [-0.39, 0.29) is 24.6 Å². The van der Waals surface area contributed by atoms with Crippen LogP contribution in [0.15, 0.2) is 43.2 Å². The van der Waals surface area contributed by atoms with Crippen LogP contribution in [0.4, 0.5) is 11.6 Å². The van der Waals surface area contributed by atoms with Crippen molar-refractivity contribution in [1.82, 2.24) is 29.3 Å². The van der Waals surface area contributed by atoms with Gasteiger partial charge in [0, 0.05) is 37.6 Å². The van der Waals surface area contributed by atoms with Crippen LogP contribution in [0.2, 0.25) is 0 Å². The smallest absolute Gasteiger partial charge is 0.396 e. The predicted molar refractivity (Wildman–Crippen MR) is 150 cm³/mol. The summed E-state index contributed by atoms with van der Waals surface area (Å²) in [4.78, 5) is 27.0. The average molecular weight is 563 g/mol. The van der Waals surface area contributed by atoms with Crippen molar-refractivity contribution in [3.05, 3.63) is 58.9 Å². The van der Waals surface area contributed by atoms with Gasteiger partial charge in [-0.1, -0.05) is 0 Å². The Morgan fingerprint density at radius 1 is 1.17 bits per heavy atom.